The van der Waals surface area contributed by atoms with Crippen molar-refractivity contribution in [2.75, 3.05) is 27.7 Å². The molecule has 0 radical (unpaired) electrons. The first kappa shape index (κ1) is 118. The van der Waals surface area contributed by atoms with Crippen molar-refractivity contribution in [1.82, 2.24) is 74.4 Å². The molecule has 10 aliphatic carbocycles. The molecule has 10 rings (SSSR count). The van der Waals surface area contributed by atoms with Gasteiger partial charge < -0.3 is 74.4 Å². The van der Waals surface area contributed by atoms with E-state index in [1.807, 2.05) is 173 Å². The van der Waals surface area contributed by atoms with Crippen molar-refractivity contribution in [2.24, 2.45) is 47.3 Å². The van der Waals surface area contributed by atoms with Crippen LogP contribution in [0.25, 0.3) is 0 Å². The van der Waals surface area contributed by atoms with Crippen LogP contribution in [0.15, 0.2) is 0 Å². The van der Waals surface area contributed by atoms with Gasteiger partial charge in [0.05, 0.1) is 48.3 Å². The van der Waals surface area contributed by atoms with Gasteiger partial charge in [0.1, 0.15) is 0 Å². The Morgan fingerprint density at radius 3 is 0.466 bits per heavy atom. The number of carbonyl (C=O) groups is 16. The lowest BCUT2D eigenvalue weighted by atomic mass is 9.99. The second-order valence-corrected chi connectivity index (χ2v) is 47.1. The molecule has 30 nitrogen and oxygen atoms in total. The van der Waals surface area contributed by atoms with Gasteiger partial charge >= 0.3 is 0 Å². The number of ketones is 10. The first-order chi connectivity index (χ1) is 60.1. The largest absolute Gasteiger partial charge is 0.353 e. The molecule has 8 atom stereocenters. The normalized spacial score (nSPS) is 19.1. The lowest BCUT2D eigenvalue weighted by Crippen LogP contribution is -2.52. The molecular weight excluding hydrogens is 1670 g/mol. The molecule has 0 aromatic carbocycles. The maximum atomic E-state index is 12.2. The van der Waals surface area contributed by atoms with Crippen LogP contribution in [0.3, 0.4) is 0 Å². The van der Waals surface area contributed by atoms with Crippen LogP contribution >= 0.6 is 0 Å². The maximum Gasteiger partial charge on any atom is 0.289 e. The third kappa shape index (κ3) is 58.3. The highest BCUT2D eigenvalue weighted by atomic mass is 16.2. The third-order valence-corrected chi connectivity index (χ3v) is 22.4. The van der Waals surface area contributed by atoms with Crippen LogP contribution in [-0.4, -0.2) is 226 Å². The Bertz CT molecular complexity index is 3500. The molecular formula is C101H180N14O16. The average Bonchev–Trinajstić information content (AvgIpc) is 1.71. The van der Waals surface area contributed by atoms with Crippen LogP contribution in [0.2, 0.25) is 0 Å². The van der Waals surface area contributed by atoms with Gasteiger partial charge in [0.15, 0.2) is 11.6 Å². The van der Waals surface area contributed by atoms with Crippen molar-refractivity contribution in [3.8, 4) is 0 Å². The SMILES string of the molecule is CC(=O)C(=O)C(CC1CC1)NC(C)(C)C.CC(=O)C(=O)[C@H](CC1CC1)NC(C)(C)C.CC(C)(C)NC(CC1CC1)C(=O)C(=O)NC1CC1.CC(C)(C)N[C@@H](CC1CC1)C(=O)C(=O)NC1CC1.CCNC(=O)C(=O)C(CC1CC1)NC(C)(C)C.CNC(=O)C(=O)C(CC1CC1)NC(C)(C)C.CNC(=O)C(=O)[C@H](CC1CC1)NC(C)(C)C.CNC(=O)C(=O)[C@H](CC1CC1)NC(C)(C)C. The Labute approximate surface area is 786 Å². The predicted molar refractivity (Wildman–Crippen MR) is 517 cm³/mol. The number of amides is 6. The van der Waals surface area contributed by atoms with Crippen LogP contribution in [0.5, 0.6) is 0 Å². The number of likely N-dealkylation sites (N-methyl/N-ethyl adjacent to an activating group) is 4. The fourth-order valence-electron chi connectivity index (χ4n) is 14.6. The lowest BCUT2D eigenvalue weighted by Gasteiger charge is -2.27. The van der Waals surface area contributed by atoms with Crippen LogP contribution in [-0.2, 0) is 76.7 Å². The highest BCUT2D eigenvalue weighted by molar-refractivity contribution is 6.41. The van der Waals surface area contributed by atoms with Crippen molar-refractivity contribution in [1.29, 1.82) is 0 Å². The van der Waals surface area contributed by atoms with Gasteiger partial charge in [0.25, 0.3) is 35.4 Å². The van der Waals surface area contributed by atoms with E-state index in [-0.39, 0.29) is 163 Å². The quantitative estimate of drug-likeness (QED) is 0.0252. The van der Waals surface area contributed by atoms with E-state index in [1.165, 1.54) is 138 Å². The summed E-state index contributed by atoms with van der Waals surface area (Å²) in [5.41, 5.74) is -1.13. The zero-order valence-corrected chi connectivity index (χ0v) is 86.4. The zero-order valence-electron chi connectivity index (χ0n) is 86.4. The van der Waals surface area contributed by atoms with Crippen LogP contribution in [0.4, 0.5) is 0 Å². The highest BCUT2D eigenvalue weighted by Gasteiger charge is 2.43. The van der Waals surface area contributed by atoms with Crippen molar-refractivity contribution in [3.05, 3.63) is 0 Å². The fraction of sp³-hybridized carbons (Fsp3) is 0.842. The first-order valence-corrected chi connectivity index (χ1v) is 49.2. The van der Waals surface area contributed by atoms with Gasteiger partial charge in [0, 0.05) is 97.9 Å². The van der Waals surface area contributed by atoms with Gasteiger partial charge in [-0.1, -0.05) is 103 Å². The summed E-state index contributed by atoms with van der Waals surface area (Å²) in [6.45, 7) is 53.3. The number of hydrogen-bond donors (Lipinski definition) is 14. The van der Waals surface area contributed by atoms with Crippen molar-refractivity contribution in [2.45, 2.75) is 471 Å². The summed E-state index contributed by atoms with van der Waals surface area (Å²) < 4.78 is 0. The van der Waals surface area contributed by atoms with E-state index in [4.69, 9.17) is 0 Å². The smallest absolute Gasteiger partial charge is 0.289 e. The van der Waals surface area contributed by atoms with Gasteiger partial charge in [0.2, 0.25) is 46.3 Å². The Morgan fingerprint density at radius 2 is 0.351 bits per heavy atom. The summed E-state index contributed by atoms with van der Waals surface area (Å²) in [5, 5.41) is 41.3. The number of carbonyl (C=O) groups excluding carboxylic acids is 16. The average molecular weight is 1850 g/mol. The number of hydrogen-bond acceptors (Lipinski definition) is 24. The van der Waals surface area contributed by atoms with E-state index in [9.17, 15) is 76.7 Å². The van der Waals surface area contributed by atoms with Crippen LogP contribution in [0.1, 0.15) is 367 Å². The second kappa shape index (κ2) is 53.1. The summed E-state index contributed by atoms with van der Waals surface area (Å²) >= 11 is 0. The molecule has 0 heterocycles. The molecule has 10 fully saturated rings. The van der Waals surface area contributed by atoms with Gasteiger partial charge in [-0.05, 0) is 297 Å². The monoisotopic (exact) mass is 1850 g/mol. The van der Waals surface area contributed by atoms with Crippen LogP contribution < -0.4 is 74.4 Å². The molecule has 30 heteroatoms. The van der Waals surface area contributed by atoms with Gasteiger partial charge in [-0.25, -0.2) is 0 Å². The zero-order chi connectivity index (χ0) is 100. The van der Waals surface area contributed by atoms with E-state index >= 15 is 0 Å². The first-order valence-electron chi connectivity index (χ1n) is 49.2. The highest BCUT2D eigenvalue weighted by Crippen LogP contribution is 2.40. The topological polar surface area (TPSA) is 442 Å². The molecule has 0 aliphatic heterocycles. The van der Waals surface area contributed by atoms with Crippen molar-refractivity contribution in [3.63, 3.8) is 0 Å². The Hall–Kier alpha value is -6.80. The summed E-state index contributed by atoms with van der Waals surface area (Å²) in [6.07, 6.45) is 29.5. The molecule has 0 aromatic rings. The van der Waals surface area contributed by atoms with Crippen LogP contribution in [0, 0.1) is 47.3 Å². The molecule has 10 saturated carbocycles. The second-order valence-electron chi connectivity index (χ2n) is 47.1. The predicted octanol–water partition coefficient (Wildman–Crippen LogP) is 10.0. The minimum Gasteiger partial charge on any atom is -0.353 e. The van der Waals surface area contributed by atoms with E-state index in [2.05, 4.69) is 74.4 Å². The minimum atomic E-state index is -0.498. The van der Waals surface area contributed by atoms with Gasteiger partial charge in [-0.3, -0.25) is 76.7 Å². The Balaban J connectivity index is 0.000000386. The standard InChI is InChI=1S/2C14H24N2O2.C13H24N2O2.3C12H22N2O2.2C12H21NO2/c2*1-14(2,3)16-11(8-9-4-5-9)12(17)13(18)15-10-6-7-10;1-5-14-12(17)11(16)10(8-9-6-7-9)15-13(2,3)4;3*1-12(2,3)14-9(7-8-5-6-8)10(15)11(16)13-4;2*1-8(14)11(15)10(7-9-5-6-9)13-12(2,3)4/h2*9-11,16H,4-8H2,1-3H3,(H,15,18);9-10,15H,5-8H2,1-4H3,(H,14,17);3*8-9,14H,5-7H2,1-4H3,(H,13,16);2*9-10,13H,5-7H2,1-4H3/t11-;;;2*9-;;10-;/m0..00.0./s1. The van der Waals surface area contributed by atoms with Crippen molar-refractivity contribution >= 4 is 93.3 Å². The maximum absolute atomic E-state index is 12.2. The molecule has 10 aliphatic rings. The molecule has 0 spiro atoms. The number of rotatable bonds is 43. The molecule has 4 unspecified atom stereocenters. The molecule has 0 saturated heterocycles. The summed E-state index contributed by atoms with van der Waals surface area (Å²) in [6, 6.07) is -2.07. The van der Waals surface area contributed by atoms with E-state index in [0.717, 1.165) is 77.0 Å². The minimum absolute atomic E-state index is 0.120. The van der Waals surface area contributed by atoms with E-state index in [1.54, 1.807) is 0 Å². The number of nitrogens with one attached hydrogen (secondary N) is 14. The molecule has 14 N–H and O–H groups in total. The molecule has 131 heavy (non-hydrogen) atoms. The molecule has 6 amide bonds. The van der Waals surface area contributed by atoms with Crippen molar-refractivity contribution < 1.29 is 76.7 Å². The fourth-order valence-corrected chi connectivity index (χ4v) is 14.6. The summed E-state index contributed by atoms with van der Waals surface area (Å²) in [7, 11) is 4.47. The Kier molecular flexibility index (Phi) is 47.9. The number of Topliss-reactive ketones (excluding diaryl/α,β-unsaturated/α-hetero) is 10. The van der Waals surface area contributed by atoms with E-state index < -0.39 is 35.4 Å². The summed E-state index contributed by atoms with van der Waals surface area (Å²) in [5.74, 6) is -0.876. The lowest BCUT2D eigenvalue weighted by molar-refractivity contribution is -0.139. The van der Waals surface area contributed by atoms with Gasteiger partial charge in [-0.2, -0.15) is 0 Å². The van der Waals surface area contributed by atoms with E-state index in [0.29, 0.717) is 53.9 Å². The Morgan fingerprint density at radius 1 is 0.214 bits per heavy atom. The molecule has 0 bridgehead atoms. The summed E-state index contributed by atoms with van der Waals surface area (Å²) in [4.78, 5) is 187. The molecule has 750 valence electrons. The third-order valence-electron chi connectivity index (χ3n) is 22.4. The van der Waals surface area contributed by atoms with Gasteiger partial charge in [-0.15, -0.1) is 0 Å². The molecule has 0 aromatic heterocycles.